The van der Waals surface area contributed by atoms with Crippen LogP contribution in [-0.2, 0) is 4.79 Å². The molecule has 0 saturated heterocycles. The smallest absolute Gasteiger partial charge is 0.226 e. The molecule has 0 unspecified atom stereocenters. The summed E-state index contributed by atoms with van der Waals surface area (Å²) in [5.74, 6) is 9.06. The largest absolute Gasteiger partial charge is 0.345 e. The maximum atomic E-state index is 12.6. The molecule has 4 bridgehead atoms. The van der Waals surface area contributed by atoms with Crippen molar-refractivity contribution in [3.05, 3.63) is 0 Å². The summed E-state index contributed by atoms with van der Waals surface area (Å²) in [4.78, 5) is 12.6. The van der Waals surface area contributed by atoms with Gasteiger partial charge in [-0.25, -0.2) is 0 Å². The van der Waals surface area contributed by atoms with Gasteiger partial charge in [-0.15, -0.1) is 0 Å². The lowest BCUT2D eigenvalue weighted by molar-refractivity contribution is -0.145. The molecule has 0 aliphatic heterocycles. The first-order valence-corrected chi connectivity index (χ1v) is 8.15. The number of carbonyl (C=O) groups is 1. The average Bonchev–Trinajstić information content (AvgIpc) is 2.31. The van der Waals surface area contributed by atoms with Crippen LogP contribution in [0.5, 0.6) is 0 Å². The molecule has 4 saturated carbocycles. The van der Waals surface area contributed by atoms with E-state index in [4.69, 9.17) is 0 Å². The zero-order valence-corrected chi connectivity index (χ0v) is 13.1. The zero-order valence-electron chi connectivity index (χ0n) is 13.1. The van der Waals surface area contributed by atoms with Crippen molar-refractivity contribution in [1.82, 2.24) is 5.32 Å². The van der Waals surface area contributed by atoms with Crippen LogP contribution in [0.1, 0.15) is 59.3 Å². The topological polar surface area (TPSA) is 29.1 Å². The van der Waals surface area contributed by atoms with Crippen LogP contribution in [0.15, 0.2) is 0 Å². The molecule has 2 nitrogen and oxygen atoms in total. The summed E-state index contributed by atoms with van der Waals surface area (Å²) >= 11 is 0. The summed E-state index contributed by atoms with van der Waals surface area (Å²) in [6, 6.07) is 0. The number of carbonyl (C=O) groups excluding carboxylic acids is 1. The summed E-state index contributed by atoms with van der Waals surface area (Å²) in [6.45, 7) is 6.81. The molecule has 4 fully saturated rings. The summed E-state index contributed by atoms with van der Waals surface area (Å²) in [7, 11) is 0. The van der Waals surface area contributed by atoms with Gasteiger partial charge in [0.1, 0.15) is 0 Å². The van der Waals surface area contributed by atoms with Crippen molar-refractivity contribution in [1.29, 1.82) is 0 Å². The molecule has 4 aliphatic carbocycles. The number of hydrogen-bond acceptors (Lipinski definition) is 1. The van der Waals surface area contributed by atoms with E-state index in [2.05, 4.69) is 37.9 Å². The van der Waals surface area contributed by atoms with E-state index in [1.54, 1.807) is 0 Å². The lowest BCUT2D eigenvalue weighted by Crippen LogP contribution is -2.53. The molecule has 110 valence electrons. The van der Waals surface area contributed by atoms with Gasteiger partial charge in [0.2, 0.25) is 5.91 Å². The van der Waals surface area contributed by atoms with Gasteiger partial charge >= 0.3 is 0 Å². The fourth-order valence-corrected chi connectivity index (χ4v) is 5.01. The van der Waals surface area contributed by atoms with Crippen molar-refractivity contribution < 1.29 is 4.79 Å². The Balaban J connectivity index is 1.61. The second-order valence-corrected chi connectivity index (χ2v) is 8.43. The van der Waals surface area contributed by atoms with Gasteiger partial charge in [0.25, 0.3) is 0 Å². The Morgan fingerprint density at radius 2 is 1.60 bits per heavy atom. The van der Waals surface area contributed by atoms with E-state index < -0.39 is 0 Å². The van der Waals surface area contributed by atoms with Gasteiger partial charge in [-0.05, 0) is 77.0 Å². The standard InChI is InChI=1S/C18H27NO/c1-17(2,3)5-4-6-19-16(20)18-10-13-7-14(11-18)9-15(8-13)12-18/h13-15H,6-12H2,1-3H3,(H,19,20). The predicted molar refractivity (Wildman–Crippen MR) is 80.8 cm³/mol. The van der Waals surface area contributed by atoms with Gasteiger partial charge in [-0.1, -0.05) is 11.8 Å². The van der Waals surface area contributed by atoms with Crippen LogP contribution in [0.25, 0.3) is 0 Å². The van der Waals surface area contributed by atoms with Crippen molar-refractivity contribution in [3.8, 4) is 11.8 Å². The molecule has 0 aromatic carbocycles. The van der Waals surface area contributed by atoms with Gasteiger partial charge in [-0.3, -0.25) is 4.79 Å². The summed E-state index contributed by atoms with van der Waals surface area (Å²) in [5.41, 5.74) is -0.0103. The Morgan fingerprint density at radius 3 is 2.05 bits per heavy atom. The van der Waals surface area contributed by atoms with E-state index in [9.17, 15) is 4.79 Å². The van der Waals surface area contributed by atoms with Crippen LogP contribution in [-0.4, -0.2) is 12.5 Å². The monoisotopic (exact) mass is 273 g/mol. The highest BCUT2D eigenvalue weighted by Gasteiger charge is 2.54. The van der Waals surface area contributed by atoms with Crippen molar-refractivity contribution in [2.45, 2.75) is 59.3 Å². The van der Waals surface area contributed by atoms with Crippen LogP contribution in [0, 0.1) is 40.4 Å². The predicted octanol–water partition coefficient (Wildman–Crippen LogP) is 3.37. The summed E-state index contributed by atoms with van der Waals surface area (Å²) in [5, 5.41) is 3.10. The Bertz CT molecular complexity index is 425. The zero-order chi connectivity index (χ0) is 14.4. The van der Waals surface area contributed by atoms with E-state index in [0.29, 0.717) is 12.5 Å². The third kappa shape index (κ3) is 2.73. The molecule has 2 heteroatoms. The van der Waals surface area contributed by atoms with E-state index in [1.807, 2.05) is 0 Å². The lowest BCUT2D eigenvalue weighted by atomic mass is 9.49. The molecule has 0 atom stereocenters. The molecular weight excluding hydrogens is 246 g/mol. The van der Waals surface area contributed by atoms with E-state index in [0.717, 1.165) is 37.0 Å². The molecule has 1 amide bonds. The van der Waals surface area contributed by atoms with E-state index in [1.165, 1.54) is 19.3 Å². The quantitative estimate of drug-likeness (QED) is 0.768. The number of amides is 1. The molecule has 4 aliphatic rings. The molecule has 0 heterocycles. The van der Waals surface area contributed by atoms with Crippen LogP contribution >= 0.6 is 0 Å². The SMILES string of the molecule is CC(C)(C)C#CCNC(=O)C12CC3CC(CC(C3)C1)C2. The third-order valence-electron chi connectivity index (χ3n) is 5.32. The second kappa shape index (κ2) is 4.79. The van der Waals surface area contributed by atoms with Crippen LogP contribution in [0.2, 0.25) is 0 Å². The molecule has 20 heavy (non-hydrogen) atoms. The molecular formula is C18H27NO. The molecule has 0 aromatic rings. The highest BCUT2D eigenvalue weighted by atomic mass is 16.2. The minimum atomic E-state index is -0.0296. The highest BCUT2D eigenvalue weighted by Crippen LogP contribution is 2.60. The summed E-state index contributed by atoms with van der Waals surface area (Å²) < 4.78 is 0. The Hall–Kier alpha value is -0.970. The Labute approximate surface area is 123 Å². The van der Waals surface area contributed by atoms with Crippen molar-refractivity contribution in [2.24, 2.45) is 28.6 Å². The van der Waals surface area contributed by atoms with Gasteiger partial charge in [0.05, 0.1) is 6.54 Å². The van der Waals surface area contributed by atoms with E-state index >= 15 is 0 Å². The minimum Gasteiger partial charge on any atom is -0.345 e. The third-order valence-corrected chi connectivity index (χ3v) is 5.32. The molecule has 0 spiro atoms. The Kier molecular flexibility index (Phi) is 3.35. The fraction of sp³-hybridized carbons (Fsp3) is 0.833. The van der Waals surface area contributed by atoms with Gasteiger partial charge in [-0.2, -0.15) is 0 Å². The minimum absolute atomic E-state index is 0.0193. The first kappa shape index (κ1) is 14.0. The molecule has 1 N–H and O–H groups in total. The first-order valence-electron chi connectivity index (χ1n) is 8.15. The maximum Gasteiger partial charge on any atom is 0.226 e. The lowest BCUT2D eigenvalue weighted by Gasteiger charge is -2.55. The van der Waals surface area contributed by atoms with Gasteiger partial charge < -0.3 is 5.32 Å². The number of rotatable bonds is 2. The Morgan fingerprint density at radius 1 is 1.10 bits per heavy atom. The van der Waals surface area contributed by atoms with Crippen LogP contribution in [0.4, 0.5) is 0 Å². The van der Waals surface area contributed by atoms with Gasteiger partial charge in [0.15, 0.2) is 0 Å². The van der Waals surface area contributed by atoms with Crippen molar-refractivity contribution in [3.63, 3.8) is 0 Å². The van der Waals surface area contributed by atoms with Gasteiger partial charge in [0, 0.05) is 10.8 Å². The highest BCUT2D eigenvalue weighted by molar-refractivity contribution is 5.83. The maximum absolute atomic E-state index is 12.6. The fourth-order valence-electron chi connectivity index (χ4n) is 5.01. The van der Waals surface area contributed by atoms with E-state index in [-0.39, 0.29) is 10.8 Å². The number of hydrogen-bond donors (Lipinski definition) is 1. The van der Waals surface area contributed by atoms with Crippen molar-refractivity contribution >= 4 is 5.91 Å². The second-order valence-electron chi connectivity index (χ2n) is 8.43. The normalized spacial score (nSPS) is 38.2. The summed E-state index contributed by atoms with van der Waals surface area (Å²) in [6.07, 6.45) is 7.57. The van der Waals surface area contributed by atoms with Crippen LogP contribution in [0.3, 0.4) is 0 Å². The van der Waals surface area contributed by atoms with Crippen LogP contribution < -0.4 is 5.32 Å². The first-order chi connectivity index (χ1) is 9.36. The average molecular weight is 273 g/mol. The van der Waals surface area contributed by atoms with Crippen molar-refractivity contribution in [2.75, 3.05) is 6.54 Å². The molecule has 0 aromatic heterocycles. The number of nitrogens with one attached hydrogen (secondary N) is 1. The molecule has 4 rings (SSSR count). The molecule has 0 radical (unpaired) electrons.